The molecule has 1 unspecified atom stereocenters. The Kier molecular flexibility index (Phi) is 7.03. The van der Waals surface area contributed by atoms with Gasteiger partial charge in [0.1, 0.15) is 11.6 Å². The van der Waals surface area contributed by atoms with Crippen molar-refractivity contribution in [3.8, 4) is 5.75 Å². The quantitative estimate of drug-likeness (QED) is 0.513. The van der Waals surface area contributed by atoms with Gasteiger partial charge in [-0.05, 0) is 38.1 Å². The van der Waals surface area contributed by atoms with E-state index in [2.05, 4.69) is 9.72 Å². The van der Waals surface area contributed by atoms with Crippen LogP contribution in [-0.4, -0.2) is 41.9 Å². The molecule has 1 atom stereocenters. The van der Waals surface area contributed by atoms with Crippen molar-refractivity contribution in [1.82, 2.24) is 10.3 Å². The summed E-state index contributed by atoms with van der Waals surface area (Å²) in [5, 5.41) is 3.73. The van der Waals surface area contributed by atoms with Crippen LogP contribution in [0.3, 0.4) is 0 Å². The molecule has 0 bridgehead atoms. The Balaban J connectivity index is 2.51. The summed E-state index contributed by atoms with van der Waals surface area (Å²) in [5.74, 6) is -3.11. The van der Waals surface area contributed by atoms with Crippen molar-refractivity contribution in [2.24, 2.45) is 0 Å². The topological polar surface area (TPSA) is 89.5 Å². The number of pyridine rings is 1. The number of hydrogen-bond acceptors (Lipinski definition) is 6. The van der Waals surface area contributed by atoms with E-state index in [9.17, 15) is 22.8 Å². The van der Waals surface area contributed by atoms with Crippen LogP contribution in [-0.2, 0) is 9.53 Å². The molecule has 1 heterocycles. The molecule has 29 heavy (non-hydrogen) atoms. The van der Waals surface area contributed by atoms with Gasteiger partial charge in [0.05, 0.1) is 18.8 Å². The summed E-state index contributed by atoms with van der Waals surface area (Å²) in [4.78, 5) is 28.9. The molecule has 0 saturated heterocycles. The van der Waals surface area contributed by atoms with Gasteiger partial charge in [-0.2, -0.15) is 13.2 Å². The standard InChI is InChI=1S/C19H20F3N3O4/c1-3-28-14-10-6-5-9-13(14)16(26)25-18(19(20,21)22,17(27)29-4-2)24-15-11-7-8-12-23-15/h5-12H,3-4H2,1-2H3,(H,23,24)(H,25,26). The van der Waals surface area contributed by atoms with E-state index in [1.54, 1.807) is 18.3 Å². The van der Waals surface area contributed by atoms with E-state index in [0.717, 1.165) is 0 Å². The van der Waals surface area contributed by atoms with E-state index in [1.165, 1.54) is 49.5 Å². The Morgan fingerprint density at radius 2 is 1.72 bits per heavy atom. The minimum absolute atomic E-state index is 0.0743. The van der Waals surface area contributed by atoms with Crippen molar-refractivity contribution in [1.29, 1.82) is 0 Å². The monoisotopic (exact) mass is 411 g/mol. The molecule has 10 heteroatoms. The van der Waals surface area contributed by atoms with Crippen molar-refractivity contribution in [2.75, 3.05) is 18.5 Å². The molecule has 2 aromatic rings. The SMILES string of the molecule is CCOC(=O)C(NC(=O)c1ccccc1OCC)(Nc1ccccn1)C(F)(F)F. The summed E-state index contributed by atoms with van der Waals surface area (Å²) < 4.78 is 52.3. The number of halogens is 3. The fourth-order valence-electron chi connectivity index (χ4n) is 2.43. The second-order valence-corrected chi connectivity index (χ2v) is 5.69. The third-order valence-electron chi connectivity index (χ3n) is 3.72. The van der Waals surface area contributed by atoms with Crippen molar-refractivity contribution >= 4 is 17.7 Å². The van der Waals surface area contributed by atoms with Crippen molar-refractivity contribution in [3.05, 3.63) is 54.2 Å². The molecule has 0 fully saturated rings. The first-order valence-corrected chi connectivity index (χ1v) is 8.72. The lowest BCUT2D eigenvalue weighted by atomic mass is 10.1. The molecule has 0 aliphatic rings. The first-order chi connectivity index (χ1) is 13.7. The summed E-state index contributed by atoms with van der Waals surface area (Å²) in [7, 11) is 0. The fraction of sp³-hybridized carbons (Fsp3) is 0.316. The number of amides is 1. The molecule has 0 saturated carbocycles. The van der Waals surface area contributed by atoms with Gasteiger partial charge in [-0.1, -0.05) is 18.2 Å². The van der Waals surface area contributed by atoms with Crippen LogP contribution >= 0.6 is 0 Å². The molecular formula is C19H20F3N3O4. The first kappa shape index (κ1) is 22.0. The van der Waals surface area contributed by atoms with Crippen LogP contribution < -0.4 is 15.4 Å². The van der Waals surface area contributed by atoms with Gasteiger partial charge in [0.2, 0.25) is 0 Å². The van der Waals surface area contributed by atoms with E-state index >= 15 is 0 Å². The van der Waals surface area contributed by atoms with Gasteiger partial charge in [-0.25, -0.2) is 9.78 Å². The number of anilines is 1. The number of hydrogen-bond donors (Lipinski definition) is 2. The highest BCUT2D eigenvalue weighted by Gasteiger charge is 2.64. The molecule has 1 amide bonds. The maximum absolute atomic E-state index is 14.1. The van der Waals surface area contributed by atoms with Crippen LogP contribution in [0.1, 0.15) is 24.2 Å². The number of ether oxygens (including phenoxy) is 2. The summed E-state index contributed by atoms with van der Waals surface area (Å²) in [6, 6.07) is 9.88. The zero-order chi connectivity index (χ0) is 21.5. The predicted octanol–water partition coefficient (Wildman–Crippen LogP) is 3.14. The van der Waals surface area contributed by atoms with Crippen LogP contribution in [0.4, 0.5) is 19.0 Å². The fourth-order valence-corrected chi connectivity index (χ4v) is 2.43. The van der Waals surface area contributed by atoms with E-state index in [1.807, 2.05) is 5.32 Å². The maximum atomic E-state index is 14.1. The van der Waals surface area contributed by atoms with Crippen LogP contribution in [0.25, 0.3) is 0 Å². The number of esters is 1. The minimum Gasteiger partial charge on any atom is -0.493 e. The van der Waals surface area contributed by atoms with Gasteiger partial charge in [0.25, 0.3) is 5.91 Å². The van der Waals surface area contributed by atoms with E-state index < -0.39 is 23.7 Å². The molecular weight excluding hydrogens is 391 g/mol. The average molecular weight is 411 g/mol. The third kappa shape index (κ3) is 4.95. The van der Waals surface area contributed by atoms with Gasteiger partial charge in [-0.3, -0.25) is 4.79 Å². The highest BCUT2D eigenvalue weighted by molar-refractivity contribution is 6.01. The molecule has 0 aliphatic carbocycles. The lowest BCUT2D eigenvalue weighted by Gasteiger charge is -2.35. The number of nitrogens with zero attached hydrogens (tertiary/aromatic N) is 1. The largest absolute Gasteiger partial charge is 0.493 e. The number of alkyl halides is 3. The highest BCUT2D eigenvalue weighted by Crippen LogP contribution is 2.33. The minimum atomic E-state index is -5.26. The Labute approximate surface area is 165 Å². The molecule has 0 spiro atoms. The van der Waals surface area contributed by atoms with E-state index in [-0.39, 0.29) is 30.3 Å². The van der Waals surface area contributed by atoms with Gasteiger partial charge in [-0.15, -0.1) is 0 Å². The Bertz CT molecular complexity index is 846. The second kappa shape index (κ2) is 9.26. The maximum Gasteiger partial charge on any atom is 0.441 e. The van der Waals surface area contributed by atoms with Crippen molar-refractivity contribution < 1.29 is 32.2 Å². The number of nitrogens with one attached hydrogen (secondary N) is 2. The van der Waals surface area contributed by atoms with Crippen molar-refractivity contribution in [3.63, 3.8) is 0 Å². The molecule has 0 radical (unpaired) electrons. The van der Waals surface area contributed by atoms with Gasteiger partial charge >= 0.3 is 17.8 Å². The Morgan fingerprint density at radius 1 is 1.03 bits per heavy atom. The zero-order valence-corrected chi connectivity index (χ0v) is 15.7. The molecule has 2 rings (SSSR count). The number of rotatable bonds is 8. The first-order valence-electron chi connectivity index (χ1n) is 8.72. The average Bonchev–Trinajstić information content (AvgIpc) is 2.68. The molecule has 2 N–H and O–H groups in total. The summed E-state index contributed by atoms with van der Waals surface area (Å²) in [6.07, 6.45) is -4.02. The summed E-state index contributed by atoms with van der Waals surface area (Å²) >= 11 is 0. The second-order valence-electron chi connectivity index (χ2n) is 5.69. The van der Waals surface area contributed by atoms with Gasteiger partial charge < -0.3 is 20.1 Å². The van der Waals surface area contributed by atoms with Crippen LogP contribution in [0, 0.1) is 0 Å². The van der Waals surface area contributed by atoms with Crippen LogP contribution in [0.15, 0.2) is 48.7 Å². The van der Waals surface area contributed by atoms with Gasteiger partial charge in [0, 0.05) is 6.20 Å². The third-order valence-corrected chi connectivity index (χ3v) is 3.72. The lowest BCUT2D eigenvalue weighted by molar-refractivity contribution is -0.204. The number of para-hydroxylation sites is 1. The lowest BCUT2D eigenvalue weighted by Crippen LogP contribution is -2.69. The smallest absolute Gasteiger partial charge is 0.441 e. The molecule has 0 aliphatic heterocycles. The highest BCUT2D eigenvalue weighted by atomic mass is 19.4. The summed E-state index contributed by atoms with van der Waals surface area (Å²) in [5.41, 5.74) is -3.73. The summed E-state index contributed by atoms with van der Waals surface area (Å²) in [6.45, 7) is 2.88. The van der Waals surface area contributed by atoms with Crippen LogP contribution in [0.2, 0.25) is 0 Å². The number of carbonyl (C=O) groups excluding carboxylic acids is 2. The van der Waals surface area contributed by atoms with Crippen molar-refractivity contribution in [2.45, 2.75) is 25.7 Å². The van der Waals surface area contributed by atoms with E-state index in [4.69, 9.17) is 4.74 Å². The molecule has 1 aromatic heterocycles. The zero-order valence-electron chi connectivity index (χ0n) is 15.7. The van der Waals surface area contributed by atoms with Gasteiger partial charge in [0.15, 0.2) is 0 Å². The number of carbonyl (C=O) groups is 2. The van der Waals surface area contributed by atoms with E-state index in [0.29, 0.717) is 0 Å². The normalized spacial score (nSPS) is 13.1. The number of benzene rings is 1. The molecule has 1 aromatic carbocycles. The Hall–Kier alpha value is -3.30. The van der Waals surface area contributed by atoms with Crippen LogP contribution in [0.5, 0.6) is 5.75 Å². The molecule has 7 nitrogen and oxygen atoms in total. The predicted molar refractivity (Wildman–Crippen MR) is 98.4 cm³/mol. The number of aromatic nitrogens is 1. The Morgan fingerprint density at radius 3 is 2.31 bits per heavy atom. The molecule has 156 valence electrons.